The lowest BCUT2D eigenvalue weighted by atomic mass is 10.2. The Bertz CT molecular complexity index is 622. The minimum Gasteiger partial charge on any atom is -0.303 e. The van der Waals surface area contributed by atoms with Crippen LogP contribution >= 0.6 is 7.60 Å². The molecule has 1 unspecified atom stereocenters. The van der Waals surface area contributed by atoms with E-state index in [0.717, 1.165) is 11.1 Å². The van der Waals surface area contributed by atoms with Crippen LogP contribution in [0.3, 0.4) is 0 Å². The third-order valence-electron chi connectivity index (χ3n) is 3.57. The lowest BCUT2D eigenvalue weighted by molar-refractivity contribution is -0.116. The molecule has 122 valence electrons. The summed E-state index contributed by atoms with van der Waals surface area (Å²) in [7, 11) is -3.55. The Balaban J connectivity index is 2.08. The van der Waals surface area contributed by atoms with E-state index in [1.165, 1.54) is 6.92 Å². The molecular weight excluding hydrogens is 311 g/mol. The third kappa shape index (κ3) is 5.14. The van der Waals surface area contributed by atoms with E-state index in [-0.39, 0.29) is 19.0 Å². The van der Waals surface area contributed by atoms with Crippen LogP contribution in [0.25, 0.3) is 0 Å². The summed E-state index contributed by atoms with van der Waals surface area (Å²) in [6.07, 6.45) is 0. The van der Waals surface area contributed by atoms with Crippen molar-refractivity contribution < 1.29 is 18.4 Å². The maximum atomic E-state index is 13.0. The molecule has 5 heteroatoms. The number of ketones is 1. The highest BCUT2D eigenvalue weighted by Crippen LogP contribution is 2.54. The Labute approximate surface area is 137 Å². The second-order valence-electron chi connectivity index (χ2n) is 5.34. The first-order valence-corrected chi connectivity index (χ1v) is 9.09. The Hall–Kier alpha value is -1.74. The molecule has 0 saturated heterocycles. The van der Waals surface area contributed by atoms with Gasteiger partial charge in [0.2, 0.25) is 0 Å². The fourth-order valence-corrected chi connectivity index (χ4v) is 3.59. The standard InChI is InChI=1S/C18H21O4P/c1-15(19)16(2)23(20,21-13-17-9-5-3-6-10-17)22-14-18-11-7-4-8-12-18/h3-12,16H,13-14H2,1-2H3. The Morgan fingerprint density at radius 1 is 0.913 bits per heavy atom. The number of hydrogen-bond acceptors (Lipinski definition) is 4. The molecule has 0 aliphatic rings. The molecule has 0 amide bonds. The van der Waals surface area contributed by atoms with Gasteiger partial charge in [0.1, 0.15) is 11.4 Å². The van der Waals surface area contributed by atoms with Gasteiger partial charge in [0, 0.05) is 0 Å². The number of hydrogen-bond donors (Lipinski definition) is 0. The van der Waals surface area contributed by atoms with Crippen molar-refractivity contribution in [1.29, 1.82) is 0 Å². The predicted octanol–water partition coefficient (Wildman–Crippen LogP) is 4.59. The van der Waals surface area contributed by atoms with Gasteiger partial charge in [0.25, 0.3) is 0 Å². The highest BCUT2D eigenvalue weighted by molar-refractivity contribution is 7.55. The van der Waals surface area contributed by atoms with Crippen molar-refractivity contribution in [3.63, 3.8) is 0 Å². The average Bonchev–Trinajstić information content (AvgIpc) is 2.59. The molecule has 0 bridgehead atoms. The Kier molecular flexibility index (Phi) is 6.28. The van der Waals surface area contributed by atoms with Crippen molar-refractivity contribution in [2.75, 3.05) is 0 Å². The van der Waals surface area contributed by atoms with E-state index in [1.807, 2.05) is 60.7 Å². The molecule has 2 aromatic carbocycles. The fraction of sp³-hybridized carbons (Fsp3) is 0.278. The van der Waals surface area contributed by atoms with Crippen molar-refractivity contribution in [1.82, 2.24) is 0 Å². The first kappa shape index (κ1) is 17.6. The van der Waals surface area contributed by atoms with Gasteiger partial charge >= 0.3 is 7.60 Å². The van der Waals surface area contributed by atoms with Gasteiger partial charge in [-0.1, -0.05) is 60.7 Å². The molecule has 4 nitrogen and oxygen atoms in total. The van der Waals surface area contributed by atoms with Crippen LogP contribution < -0.4 is 0 Å². The van der Waals surface area contributed by atoms with Crippen molar-refractivity contribution >= 4 is 13.4 Å². The molecule has 23 heavy (non-hydrogen) atoms. The van der Waals surface area contributed by atoms with Gasteiger partial charge in [-0.15, -0.1) is 0 Å². The first-order valence-electron chi connectivity index (χ1n) is 7.48. The highest BCUT2D eigenvalue weighted by atomic mass is 31.2. The van der Waals surface area contributed by atoms with Crippen molar-refractivity contribution in [3.8, 4) is 0 Å². The largest absolute Gasteiger partial charge is 0.341 e. The molecule has 0 spiro atoms. The summed E-state index contributed by atoms with van der Waals surface area (Å²) in [5.74, 6) is -0.213. The van der Waals surface area contributed by atoms with Crippen molar-refractivity contribution in [3.05, 3.63) is 71.8 Å². The Morgan fingerprint density at radius 2 is 1.30 bits per heavy atom. The summed E-state index contributed by atoms with van der Waals surface area (Å²) in [6.45, 7) is 3.27. The van der Waals surface area contributed by atoms with Gasteiger partial charge in [-0.3, -0.25) is 9.36 Å². The van der Waals surface area contributed by atoms with E-state index >= 15 is 0 Å². The van der Waals surface area contributed by atoms with Gasteiger partial charge in [0.15, 0.2) is 0 Å². The quantitative estimate of drug-likeness (QED) is 0.663. The van der Waals surface area contributed by atoms with Crippen LogP contribution in [0.1, 0.15) is 25.0 Å². The minimum absolute atomic E-state index is 0.143. The zero-order chi connectivity index (χ0) is 16.7. The van der Waals surface area contributed by atoms with Crippen LogP contribution in [-0.2, 0) is 31.6 Å². The number of Topliss-reactive ketones (excluding diaryl/α,β-unsaturated/α-hetero) is 1. The lowest BCUT2D eigenvalue weighted by Crippen LogP contribution is -2.17. The van der Waals surface area contributed by atoms with Crippen LogP contribution in [0.2, 0.25) is 0 Å². The summed E-state index contributed by atoms with van der Waals surface area (Å²) in [5.41, 5.74) is 0.966. The van der Waals surface area contributed by atoms with E-state index in [1.54, 1.807) is 6.92 Å². The van der Waals surface area contributed by atoms with Gasteiger partial charge in [0.05, 0.1) is 13.2 Å². The molecule has 0 aliphatic heterocycles. The average molecular weight is 332 g/mol. The minimum atomic E-state index is -3.55. The van der Waals surface area contributed by atoms with Crippen molar-refractivity contribution in [2.45, 2.75) is 32.7 Å². The SMILES string of the molecule is CC(=O)C(C)P(=O)(OCc1ccccc1)OCc1ccccc1. The van der Waals surface area contributed by atoms with Crippen LogP contribution in [0, 0.1) is 0 Å². The smallest absolute Gasteiger partial charge is 0.303 e. The molecular formula is C18H21O4P. The highest BCUT2D eigenvalue weighted by Gasteiger charge is 2.36. The van der Waals surface area contributed by atoms with Crippen molar-refractivity contribution in [2.24, 2.45) is 0 Å². The van der Waals surface area contributed by atoms with Gasteiger partial charge in [-0.25, -0.2) is 0 Å². The lowest BCUT2D eigenvalue weighted by Gasteiger charge is -2.23. The van der Waals surface area contributed by atoms with E-state index < -0.39 is 13.3 Å². The summed E-state index contributed by atoms with van der Waals surface area (Å²) in [4.78, 5) is 11.7. The first-order chi connectivity index (χ1) is 11.0. The molecule has 0 fully saturated rings. The third-order valence-corrected chi connectivity index (χ3v) is 5.86. The van der Waals surface area contributed by atoms with Crippen LogP contribution in [-0.4, -0.2) is 11.4 Å². The zero-order valence-corrected chi connectivity index (χ0v) is 14.2. The van der Waals surface area contributed by atoms with E-state index in [0.29, 0.717) is 0 Å². The zero-order valence-electron chi connectivity index (χ0n) is 13.3. The van der Waals surface area contributed by atoms with E-state index in [4.69, 9.17) is 9.05 Å². The molecule has 2 rings (SSSR count). The van der Waals surface area contributed by atoms with Gasteiger partial charge in [-0.2, -0.15) is 0 Å². The Morgan fingerprint density at radius 3 is 1.65 bits per heavy atom. The topological polar surface area (TPSA) is 52.6 Å². The number of rotatable bonds is 8. The number of carbonyl (C=O) groups excluding carboxylic acids is 1. The maximum absolute atomic E-state index is 13.0. The monoisotopic (exact) mass is 332 g/mol. The summed E-state index contributed by atoms with van der Waals surface area (Å²) >= 11 is 0. The van der Waals surface area contributed by atoms with Crippen LogP contribution in [0.5, 0.6) is 0 Å². The van der Waals surface area contributed by atoms with Crippen LogP contribution in [0.4, 0.5) is 0 Å². The second-order valence-corrected chi connectivity index (χ2v) is 7.72. The van der Waals surface area contributed by atoms with E-state index in [2.05, 4.69) is 0 Å². The molecule has 2 aromatic rings. The molecule has 0 heterocycles. The predicted molar refractivity (Wildman–Crippen MR) is 90.2 cm³/mol. The second kappa shape index (κ2) is 8.21. The van der Waals surface area contributed by atoms with Gasteiger partial charge < -0.3 is 9.05 Å². The van der Waals surface area contributed by atoms with Crippen LogP contribution in [0.15, 0.2) is 60.7 Å². The number of carbonyl (C=O) groups is 1. The van der Waals surface area contributed by atoms with Gasteiger partial charge in [-0.05, 0) is 25.0 Å². The maximum Gasteiger partial charge on any atom is 0.341 e. The molecule has 0 saturated carbocycles. The molecule has 0 aliphatic carbocycles. The summed E-state index contributed by atoms with van der Waals surface area (Å²) in [5, 5.41) is 0. The van der Waals surface area contributed by atoms with E-state index in [9.17, 15) is 9.36 Å². The summed E-state index contributed by atoms with van der Waals surface area (Å²) < 4.78 is 24.2. The summed E-state index contributed by atoms with van der Waals surface area (Å²) in [6, 6.07) is 18.8. The fourth-order valence-electron chi connectivity index (χ4n) is 1.96. The molecule has 1 atom stereocenters. The normalized spacial score (nSPS) is 12.8. The molecule has 0 N–H and O–H groups in total. The molecule has 0 radical (unpaired) electrons. The number of benzene rings is 2. The molecule has 0 aromatic heterocycles.